The topological polar surface area (TPSA) is 83.1 Å². The number of piperidine rings is 1. The number of aromatic nitrogens is 2. The standard InChI is InChI=1S/C27H32ClFN6O3/c1-33-9-11-34(12-10-33)16-25(36)35-8-4-5-18(15-35)38-24-14-22-19(13-23(24)37-2)27(31-17-30-22)32-21-7-3-6-20(28)26(21)29/h3,6-7,13-14,17-18H,4-5,8-12,15-16H2,1-2H3,(H,30,31,32). The molecule has 1 aromatic heterocycles. The summed E-state index contributed by atoms with van der Waals surface area (Å²) in [6, 6.07) is 8.30. The molecule has 0 bridgehead atoms. The molecule has 38 heavy (non-hydrogen) atoms. The van der Waals surface area contributed by atoms with Gasteiger partial charge in [-0.25, -0.2) is 14.4 Å². The van der Waals surface area contributed by atoms with E-state index in [-0.39, 0.29) is 22.7 Å². The molecule has 0 radical (unpaired) electrons. The molecule has 3 aromatic rings. The van der Waals surface area contributed by atoms with Gasteiger partial charge in [0.25, 0.3) is 0 Å². The molecule has 9 nitrogen and oxygen atoms in total. The van der Waals surface area contributed by atoms with Crippen molar-refractivity contribution in [2.24, 2.45) is 0 Å². The van der Waals surface area contributed by atoms with Crippen LogP contribution < -0.4 is 14.8 Å². The maximum atomic E-state index is 14.5. The molecule has 2 aliphatic rings. The molecule has 2 fully saturated rings. The number of hydrogen-bond donors (Lipinski definition) is 1. The van der Waals surface area contributed by atoms with Crippen LogP contribution >= 0.6 is 11.6 Å². The summed E-state index contributed by atoms with van der Waals surface area (Å²) in [6.07, 6.45) is 2.95. The number of anilines is 2. The molecular weight excluding hydrogens is 511 g/mol. The molecule has 1 amide bonds. The second kappa shape index (κ2) is 11.7. The molecule has 1 atom stereocenters. The molecule has 0 aliphatic carbocycles. The van der Waals surface area contributed by atoms with E-state index in [1.807, 2.05) is 4.90 Å². The first-order valence-corrected chi connectivity index (χ1v) is 13.2. The third kappa shape index (κ3) is 5.92. The van der Waals surface area contributed by atoms with Crippen LogP contribution in [-0.2, 0) is 4.79 Å². The fourth-order valence-electron chi connectivity index (χ4n) is 4.88. The van der Waals surface area contributed by atoms with Crippen LogP contribution in [-0.4, -0.2) is 96.6 Å². The lowest BCUT2D eigenvalue weighted by atomic mass is 10.1. The number of halogens is 2. The molecule has 202 valence electrons. The Hall–Kier alpha value is -3.21. The van der Waals surface area contributed by atoms with Gasteiger partial charge in [0, 0.05) is 44.2 Å². The summed E-state index contributed by atoms with van der Waals surface area (Å²) in [6.45, 7) is 5.49. The Labute approximate surface area is 226 Å². The maximum Gasteiger partial charge on any atom is 0.236 e. The third-order valence-corrected chi connectivity index (χ3v) is 7.40. The number of carbonyl (C=O) groups is 1. The summed E-state index contributed by atoms with van der Waals surface area (Å²) in [4.78, 5) is 28.1. The Balaban J connectivity index is 1.30. The SMILES string of the molecule is COc1cc2c(Nc3cccc(Cl)c3F)ncnc2cc1OC1CCCN(C(=O)CN2CCN(C)CC2)C1. The van der Waals surface area contributed by atoms with Gasteiger partial charge in [-0.05, 0) is 38.1 Å². The van der Waals surface area contributed by atoms with Gasteiger partial charge in [-0.1, -0.05) is 17.7 Å². The van der Waals surface area contributed by atoms with Crippen molar-refractivity contribution >= 4 is 39.9 Å². The number of fused-ring (bicyclic) bond motifs is 1. The number of likely N-dealkylation sites (tertiary alicyclic amines) is 1. The van der Waals surface area contributed by atoms with Crippen molar-refractivity contribution in [2.75, 3.05) is 65.3 Å². The zero-order valence-electron chi connectivity index (χ0n) is 21.6. The molecule has 5 rings (SSSR count). The van der Waals surface area contributed by atoms with Crippen LogP contribution in [0, 0.1) is 5.82 Å². The first-order chi connectivity index (χ1) is 18.4. The lowest BCUT2D eigenvalue weighted by Gasteiger charge is -2.36. The molecule has 11 heteroatoms. The fraction of sp³-hybridized carbons (Fsp3) is 0.444. The Bertz CT molecular complexity index is 1300. The van der Waals surface area contributed by atoms with Crippen LogP contribution in [0.5, 0.6) is 11.5 Å². The Morgan fingerprint density at radius 1 is 1.16 bits per heavy atom. The highest BCUT2D eigenvalue weighted by atomic mass is 35.5. The minimum Gasteiger partial charge on any atom is -0.493 e. The summed E-state index contributed by atoms with van der Waals surface area (Å²) >= 11 is 5.93. The minimum atomic E-state index is -0.558. The number of likely N-dealkylation sites (N-methyl/N-ethyl adjacent to an activating group) is 1. The number of methoxy groups -OCH3 is 1. The molecule has 1 unspecified atom stereocenters. The second-order valence-electron chi connectivity index (χ2n) is 9.77. The number of benzene rings is 2. The lowest BCUT2D eigenvalue weighted by Crippen LogP contribution is -2.51. The van der Waals surface area contributed by atoms with Crippen molar-refractivity contribution in [1.29, 1.82) is 0 Å². The lowest BCUT2D eigenvalue weighted by molar-refractivity contribution is -0.135. The van der Waals surface area contributed by atoms with E-state index in [9.17, 15) is 9.18 Å². The van der Waals surface area contributed by atoms with Crippen LogP contribution in [0.4, 0.5) is 15.9 Å². The van der Waals surface area contributed by atoms with E-state index in [0.29, 0.717) is 41.3 Å². The van der Waals surface area contributed by atoms with Gasteiger partial charge < -0.3 is 24.6 Å². The van der Waals surface area contributed by atoms with E-state index in [2.05, 4.69) is 32.1 Å². The number of rotatable bonds is 7. The van der Waals surface area contributed by atoms with Gasteiger partial charge in [0.2, 0.25) is 5.91 Å². The molecule has 3 heterocycles. The number of ether oxygens (including phenoxy) is 2. The predicted molar refractivity (Wildman–Crippen MR) is 145 cm³/mol. The Morgan fingerprint density at radius 3 is 2.76 bits per heavy atom. The van der Waals surface area contributed by atoms with E-state index in [0.717, 1.165) is 45.6 Å². The van der Waals surface area contributed by atoms with Crippen molar-refractivity contribution in [3.63, 3.8) is 0 Å². The number of piperazine rings is 1. The van der Waals surface area contributed by atoms with E-state index in [1.54, 1.807) is 31.4 Å². The second-order valence-corrected chi connectivity index (χ2v) is 10.2. The minimum absolute atomic E-state index is 0.0187. The van der Waals surface area contributed by atoms with Crippen LogP contribution in [0.25, 0.3) is 10.9 Å². The van der Waals surface area contributed by atoms with Gasteiger partial charge >= 0.3 is 0 Å². The van der Waals surface area contributed by atoms with Crippen LogP contribution in [0.3, 0.4) is 0 Å². The zero-order valence-corrected chi connectivity index (χ0v) is 22.4. The van der Waals surface area contributed by atoms with Crippen molar-refractivity contribution in [3.05, 3.63) is 47.5 Å². The average Bonchev–Trinajstić information content (AvgIpc) is 2.92. The Morgan fingerprint density at radius 2 is 1.97 bits per heavy atom. The van der Waals surface area contributed by atoms with Crippen molar-refractivity contribution < 1.29 is 18.7 Å². The van der Waals surface area contributed by atoms with Crippen molar-refractivity contribution in [2.45, 2.75) is 18.9 Å². The van der Waals surface area contributed by atoms with Gasteiger partial charge in [-0.3, -0.25) is 9.69 Å². The summed E-state index contributed by atoms with van der Waals surface area (Å²) in [7, 11) is 3.67. The summed E-state index contributed by atoms with van der Waals surface area (Å²) in [5.41, 5.74) is 0.819. The highest BCUT2D eigenvalue weighted by molar-refractivity contribution is 6.31. The number of carbonyl (C=O) groups excluding carboxylic acids is 1. The number of nitrogens with one attached hydrogen (secondary N) is 1. The van der Waals surface area contributed by atoms with Gasteiger partial charge in [-0.2, -0.15) is 0 Å². The van der Waals surface area contributed by atoms with Gasteiger partial charge in [-0.15, -0.1) is 0 Å². The smallest absolute Gasteiger partial charge is 0.236 e. The highest BCUT2D eigenvalue weighted by Gasteiger charge is 2.28. The highest BCUT2D eigenvalue weighted by Crippen LogP contribution is 2.36. The molecule has 2 saturated heterocycles. The average molecular weight is 543 g/mol. The van der Waals surface area contributed by atoms with E-state index >= 15 is 0 Å². The van der Waals surface area contributed by atoms with Crippen LogP contribution in [0.2, 0.25) is 5.02 Å². The van der Waals surface area contributed by atoms with Gasteiger partial charge in [0.15, 0.2) is 17.3 Å². The molecular formula is C27H32ClFN6O3. The fourth-order valence-corrected chi connectivity index (χ4v) is 5.06. The molecule has 2 aliphatic heterocycles. The summed E-state index contributed by atoms with van der Waals surface area (Å²) < 4.78 is 26.5. The molecule has 0 saturated carbocycles. The number of amides is 1. The molecule has 0 spiro atoms. The normalized spacial score (nSPS) is 18.9. The summed E-state index contributed by atoms with van der Waals surface area (Å²) in [5, 5.41) is 3.67. The maximum absolute atomic E-state index is 14.5. The third-order valence-electron chi connectivity index (χ3n) is 7.10. The largest absolute Gasteiger partial charge is 0.493 e. The van der Waals surface area contributed by atoms with E-state index in [1.165, 1.54) is 12.4 Å². The molecule has 2 aromatic carbocycles. The van der Waals surface area contributed by atoms with Crippen molar-refractivity contribution in [1.82, 2.24) is 24.7 Å². The molecule has 1 N–H and O–H groups in total. The Kier molecular flexibility index (Phi) is 8.11. The van der Waals surface area contributed by atoms with Crippen molar-refractivity contribution in [3.8, 4) is 11.5 Å². The van der Waals surface area contributed by atoms with E-state index < -0.39 is 5.82 Å². The first kappa shape index (κ1) is 26.4. The zero-order chi connectivity index (χ0) is 26.6. The first-order valence-electron chi connectivity index (χ1n) is 12.8. The quantitative estimate of drug-likeness (QED) is 0.483. The number of nitrogens with zero attached hydrogens (tertiary/aromatic N) is 5. The van der Waals surface area contributed by atoms with Crippen LogP contribution in [0.1, 0.15) is 12.8 Å². The van der Waals surface area contributed by atoms with E-state index in [4.69, 9.17) is 21.1 Å². The van der Waals surface area contributed by atoms with Gasteiger partial charge in [0.05, 0.1) is 36.4 Å². The van der Waals surface area contributed by atoms with Crippen LogP contribution in [0.15, 0.2) is 36.7 Å². The predicted octanol–water partition coefficient (Wildman–Crippen LogP) is 3.79. The summed E-state index contributed by atoms with van der Waals surface area (Å²) in [5.74, 6) is 1.04. The van der Waals surface area contributed by atoms with Gasteiger partial charge in [0.1, 0.15) is 18.2 Å². The monoisotopic (exact) mass is 542 g/mol. The number of hydrogen-bond acceptors (Lipinski definition) is 8.